The smallest absolute Gasteiger partial charge is 0.261 e. The lowest BCUT2D eigenvalue weighted by Crippen LogP contribution is -2.35. The second kappa shape index (κ2) is 9.16. The van der Waals surface area contributed by atoms with Crippen molar-refractivity contribution in [3.63, 3.8) is 0 Å². The number of fused-ring (bicyclic) bond motifs is 1. The van der Waals surface area contributed by atoms with Crippen LogP contribution in [0.1, 0.15) is 18.4 Å². The fourth-order valence-electron chi connectivity index (χ4n) is 4.44. The fourth-order valence-corrected chi connectivity index (χ4v) is 4.44. The second-order valence-corrected chi connectivity index (χ2v) is 8.61. The van der Waals surface area contributed by atoms with Gasteiger partial charge in [-0.15, -0.1) is 0 Å². The summed E-state index contributed by atoms with van der Waals surface area (Å²) in [6.07, 6.45) is 2.19. The number of rotatable bonds is 5. The predicted molar refractivity (Wildman–Crippen MR) is 128 cm³/mol. The van der Waals surface area contributed by atoms with E-state index in [1.165, 1.54) is 12.1 Å². The van der Waals surface area contributed by atoms with Crippen molar-refractivity contribution in [3.8, 4) is 22.9 Å². The number of ether oxygens (including phenoxy) is 1. The molecule has 6 heteroatoms. The Kier molecular flexibility index (Phi) is 5.92. The van der Waals surface area contributed by atoms with Crippen molar-refractivity contribution < 1.29 is 9.13 Å². The van der Waals surface area contributed by atoms with Gasteiger partial charge in [-0.2, -0.15) is 0 Å². The molecule has 1 aliphatic heterocycles. The Balaban J connectivity index is 1.61. The predicted octanol–water partition coefficient (Wildman–Crippen LogP) is 5.30. The molecule has 1 fully saturated rings. The van der Waals surface area contributed by atoms with Crippen LogP contribution in [0.5, 0.6) is 11.5 Å². The van der Waals surface area contributed by atoms with Crippen molar-refractivity contribution >= 4 is 10.9 Å². The molecule has 0 aliphatic carbocycles. The van der Waals surface area contributed by atoms with Crippen molar-refractivity contribution in [2.75, 3.05) is 13.1 Å². The molecule has 1 saturated heterocycles. The first-order chi connectivity index (χ1) is 16.1. The minimum absolute atomic E-state index is 0.0756. The average molecular weight is 444 g/mol. The van der Waals surface area contributed by atoms with E-state index in [1.807, 2.05) is 41.8 Å². The summed E-state index contributed by atoms with van der Waals surface area (Å²) in [5.41, 5.74) is 2.60. The fraction of sp³-hybridized carbons (Fsp3) is 0.259. The molecular weight excluding hydrogens is 417 g/mol. The number of hydrogen-bond acceptors (Lipinski definition) is 4. The quantitative estimate of drug-likeness (QED) is 0.455. The summed E-state index contributed by atoms with van der Waals surface area (Å²) in [6.45, 7) is 4.57. The Bertz CT molecular complexity index is 1340. The van der Waals surface area contributed by atoms with Crippen molar-refractivity contribution in [2.24, 2.45) is 5.92 Å². The lowest BCUT2D eigenvalue weighted by Gasteiger charge is -2.25. The molecule has 1 atom stereocenters. The lowest BCUT2D eigenvalue weighted by atomic mass is 9.99. The lowest BCUT2D eigenvalue weighted by molar-refractivity contribution is 0.334. The molecule has 4 aromatic rings. The van der Waals surface area contributed by atoms with Gasteiger partial charge in [0.1, 0.15) is 23.1 Å². The zero-order chi connectivity index (χ0) is 22.8. The van der Waals surface area contributed by atoms with Crippen LogP contribution in [0.25, 0.3) is 22.3 Å². The Morgan fingerprint density at radius 3 is 2.64 bits per heavy atom. The van der Waals surface area contributed by atoms with Crippen LogP contribution in [0, 0.1) is 18.7 Å². The minimum atomic E-state index is -0.325. The number of aryl methyl sites for hydroxylation is 1. The molecular formula is C27H26FN3O2. The van der Waals surface area contributed by atoms with Crippen LogP contribution < -0.4 is 15.6 Å². The Morgan fingerprint density at radius 1 is 1.09 bits per heavy atom. The molecule has 0 bridgehead atoms. The van der Waals surface area contributed by atoms with Gasteiger partial charge in [0.05, 0.1) is 10.9 Å². The van der Waals surface area contributed by atoms with Crippen LogP contribution in [-0.4, -0.2) is 22.6 Å². The highest BCUT2D eigenvalue weighted by molar-refractivity contribution is 5.81. The third kappa shape index (κ3) is 4.52. The van der Waals surface area contributed by atoms with Crippen LogP contribution in [0.2, 0.25) is 0 Å². The molecule has 1 N–H and O–H groups in total. The molecule has 3 aromatic carbocycles. The van der Waals surface area contributed by atoms with E-state index in [9.17, 15) is 9.18 Å². The van der Waals surface area contributed by atoms with E-state index in [2.05, 4.69) is 5.32 Å². The Hall–Kier alpha value is -3.51. The van der Waals surface area contributed by atoms with Gasteiger partial charge in [-0.3, -0.25) is 9.36 Å². The van der Waals surface area contributed by atoms with Crippen molar-refractivity contribution in [3.05, 3.63) is 88.5 Å². The summed E-state index contributed by atoms with van der Waals surface area (Å²) >= 11 is 0. The van der Waals surface area contributed by atoms with Gasteiger partial charge >= 0.3 is 0 Å². The van der Waals surface area contributed by atoms with E-state index >= 15 is 0 Å². The molecule has 0 spiro atoms. The minimum Gasteiger partial charge on any atom is -0.457 e. The first kappa shape index (κ1) is 21.3. The van der Waals surface area contributed by atoms with Crippen molar-refractivity contribution in [1.82, 2.24) is 14.9 Å². The molecule has 0 saturated carbocycles. The second-order valence-electron chi connectivity index (χ2n) is 8.61. The van der Waals surface area contributed by atoms with Crippen molar-refractivity contribution in [2.45, 2.75) is 26.3 Å². The van der Waals surface area contributed by atoms with Crippen LogP contribution >= 0.6 is 0 Å². The number of hydrogen-bond donors (Lipinski definition) is 1. The molecule has 33 heavy (non-hydrogen) atoms. The maximum Gasteiger partial charge on any atom is 0.261 e. The topological polar surface area (TPSA) is 56.1 Å². The summed E-state index contributed by atoms with van der Waals surface area (Å²) in [7, 11) is 0. The summed E-state index contributed by atoms with van der Waals surface area (Å²) < 4.78 is 20.9. The number of aromatic nitrogens is 2. The van der Waals surface area contributed by atoms with E-state index < -0.39 is 0 Å². The largest absolute Gasteiger partial charge is 0.457 e. The molecule has 2 heterocycles. The van der Waals surface area contributed by atoms with Crippen LogP contribution in [0.4, 0.5) is 4.39 Å². The number of nitrogens with zero attached hydrogens (tertiary/aromatic N) is 2. The highest BCUT2D eigenvalue weighted by Crippen LogP contribution is 2.27. The van der Waals surface area contributed by atoms with E-state index in [-0.39, 0.29) is 11.4 Å². The van der Waals surface area contributed by atoms with Crippen LogP contribution in [0.15, 0.2) is 71.5 Å². The molecule has 5 nitrogen and oxygen atoms in total. The molecule has 0 unspecified atom stereocenters. The standard InChI is InChI=1S/C27H26FN3O2/c1-18-5-2-3-7-23(18)26-30-25-13-12-22(33-21-10-8-20(28)9-11-21)15-24(25)27(32)31(26)17-19-6-4-14-29-16-19/h2-3,5,7-13,15,19,29H,4,6,14,16-17H2,1H3/t19-/m0/s1. The molecule has 0 radical (unpaired) electrons. The van der Waals surface area contributed by atoms with Crippen molar-refractivity contribution in [1.29, 1.82) is 0 Å². The van der Waals surface area contributed by atoms with Gasteiger partial charge < -0.3 is 10.1 Å². The Labute approximate surface area is 191 Å². The third-order valence-electron chi connectivity index (χ3n) is 6.20. The van der Waals surface area contributed by atoms with E-state index in [1.54, 1.807) is 24.3 Å². The molecule has 1 aromatic heterocycles. The molecule has 168 valence electrons. The summed E-state index contributed by atoms with van der Waals surface area (Å²) in [4.78, 5) is 18.7. The number of nitrogens with one attached hydrogen (secondary N) is 1. The van der Waals surface area contributed by atoms with Gasteiger partial charge in [0.2, 0.25) is 0 Å². The zero-order valence-electron chi connectivity index (χ0n) is 18.6. The van der Waals surface area contributed by atoms with Gasteiger partial charge in [-0.05, 0) is 86.8 Å². The number of benzene rings is 3. The van der Waals surface area contributed by atoms with Crippen LogP contribution in [0.3, 0.4) is 0 Å². The number of piperidine rings is 1. The van der Waals surface area contributed by atoms with Gasteiger partial charge in [0.15, 0.2) is 0 Å². The van der Waals surface area contributed by atoms with E-state index in [4.69, 9.17) is 9.72 Å². The highest BCUT2D eigenvalue weighted by Gasteiger charge is 2.20. The summed E-state index contributed by atoms with van der Waals surface area (Å²) in [6, 6.07) is 19.2. The summed E-state index contributed by atoms with van der Waals surface area (Å²) in [5, 5.41) is 3.95. The molecule has 1 aliphatic rings. The van der Waals surface area contributed by atoms with Gasteiger partial charge in [-0.25, -0.2) is 9.37 Å². The zero-order valence-corrected chi connectivity index (χ0v) is 18.6. The van der Waals surface area contributed by atoms with Crippen LogP contribution in [-0.2, 0) is 6.54 Å². The SMILES string of the molecule is Cc1ccccc1-c1nc2ccc(Oc3ccc(F)cc3)cc2c(=O)n1C[C@H]1CCCNC1. The maximum absolute atomic E-state index is 13.8. The molecule has 5 rings (SSSR count). The summed E-state index contributed by atoms with van der Waals surface area (Å²) in [5.74, 6) is 1.77. The maximum atomic E-state index is 13.8. The van der Waals surface area contributed by atoms with Gasteiger partial charge in [0.25, 0.3) is 5.56 Å². The third-order valence-corrected chi connectivity index (χ3v) is 6.20. The first-order valence-electron chi connectivity index (χ1n) is 11.3. The highest BCUT2D eigenvalue weighted by atomic mass is 19.1. The monoisotopic (exact) mass is 443 g/mol. The Morgan fingerprint density at radius 2 is 1.88 bits per heavy atom. The van der Waals surface area contributed by atoms with Gasteiger partial charge in [0, 0.05) is 12.1 Å². The normalized spacial score (nSPS) is 16.1. The van der Waals surface area contributed by atoms with Gasteiger partial charge in [-0.1, -0.05) is 24.3 Å². The molecule has 0 amide bonds. The number of halogens is 1. The average Bonchev–Trinajstić information content (AvgIpc) is 2.84. The first-order valence-corrected chi connectivity index (χ1v) is 11.3. The van der Waals surface area contributed by atoms with E-state index in [0.29, 0.717) is 40.7 Å². The van der Waals surface area contributed by atoms with E-state index in [0.717, 1.165) is 37.1 Å².